The van der Waals surface area contributed by atoms with E-state index in [0.29, 0.717) is 19.6 Å². The van der Waals surface area contributed by atoms with Crippen molar-refractivity contribution in [2.45, 2.75) is 69.3 Å². The molecule has 7 nitrogen and oxygen atoms in total. The van der Waals surface area contributed by atoms with Crippen molar-refractivity contribution in [3.05, 3.63) is 0 Å². The van der Waals surface area contributed by atoms with Crippen LogP contribution in [0.15, 0.2) is 0 Å². The minimum absolute atomic E-state index is 0.0505. The number of aliphatic hydroxyl groups is 1. The first-order valence-electron chi connectivity index (χ1n) is 9.87. The average Bonchev–Trinajstić information content (AvgIpc) is 3.12. The summed E-state index contributed by atoms with van der Waals surface area (Å²) in [5.41, 5.74) is 0. The Morgan fingerprint density at radius 2 is 1.85 bits per heavy atom. The summed E-state index contributed by atoms with van der Waals surface area (Å²) >= 11 is 0. The third kappa shape index (κ3) is 4.56. The number of carbonyl (C=O) groups is 2. The summed E-state index contributed by atoms with van der Waals surface area (Å²) in [7, 11) is 3.49. The molecule has 3 rings (SSSR count). The van der Waals surface area contributed by atoms with Crippen LogP contribution in [0.5, 0.6) is 0 Å². The molecule has 0 aromatic carbocycles. The van der Waals surface area contributed by atoms with Crippen LogP contribution in [0, 0.1) is 5.92 Å². The normalized spacial score (nSPS) is 33.3. The number of nitrogens with zero attached hydrogens (tertiary/aromatic N) is 2. The van der Waals surface area contributed by atoms with E-state index in [1.54, 1.807) is 19.0 Å². The van der Waals surface area contributed by atoms with Crippen LogP contribution in [0.1, 0.15) is 44.9 Å². The Balaban J connectivity index is 1.69. The maximum Gasteiger partial charge on any atom is 0.226 e. The molecule has 0 radical (unpaired) electrons. The van der Waals surface area contributed by atoms with Crippen molar-refractivity contribution in [1.29, 1.82) is 0 Å². The van der Waals surface area contributed by atoms with Gasteiger partial charge in [0.25, 0.3) is 0 Å². The highest BCUT2D eigenvalue weighted by Crippen LogP contribution is 2.32. The molecule has 1 N–H and O–H groups in total. The Bertz CT molecular complexity index is 506. The van der Waals surface area contributed by atoms with E-state index >= 15 is 0 Å². The standard InChI is InChI=1S/C19H32N2O5/c1-20(2)18(23)9-15-7-8-16-17(26-15)12-25-11-14(22)10-21(16)19(24)13-5-3-4-6-13/h13-17,22H,3-12H2,1-2H3/t14-,15-,16-,17+/m0/s1. The highest BCUT2D eigenvalue weighted by molar-refractivity contribution is 5.79. The van der Waals surface area contributed by atoms with Gasteiger partial charge in [0, 0.05) is 26.6 Å². The minimum Gasteiger partial charge on any atom is -0.389 e. The molecular formula is C19H32N2O5. The number of rotatable bonds is 3. The smallest absolute Gasteiger partial charge is 0.226 e. The molecule has 3 fully saturated rings. The first-order valence-corrected chi connectivity index (χ1v) is 9.87. The van der Waals surface area contributed by atoms with Gasteiger partial charge in [-0.15, -0.1) is 0 Å². The minimum atomic E-state index is -0.658. The number of amides is 2. The molecule has 1 saturated carbocycles. The topological polar surface area (TPSA) is 79.3 Å². The first kappa shape index (κ1) is 19.6. The summed E-state index contributed by atoms with van der Waals surface area (Å²) in [6.07, 6.45) is 4.95. The third-order valence-electron chi connectivity index (χ3n) is 5.87. The monoisotopic (exact) mass is 368 g/mol. The summed E-state index contributed by atoms with van der Waals surface area (Å²) in [5.74, 6) is 0.288. The molecule has 2 amide bonds. The lowest BCUT2D eigenvalue weighted by molar-refractivity contribution is -0.172. The van der Waals surface area contributed by atoms with E-state index in [4.69, 9.17) is 9.47 Å². The van der Waals surface area contributed by atoms with Gasteiger partial charge in [0.05, 0.1) is 37.9 Å². The van der Waals surface area contributed by atoms with E-state index in [-0.39, 0.29) is 42.6 Å². The molecular weight excluding hydrogens is 336 g/mol. The van der Waals surface area contributed by atoms with Crippen LogP contribution in [-0.4, -0.2) is 84.9 Å². The van der Waals surface area contributed by atoms with Crippen LogP contribution < -0.4 is 0 Å². The van der Waals surface area contributed by atoms with Gasteiger partial charge in [-0.25, -0.2) is 0 Å². The molecule has 0 spiro atoms. The molecule has 2 heterocycles. The Hall–Kier alpha value is -1.18. The van der Waals surface area contributed by atoms with Crippen molar-refractivity contribution in [3.8, 4) is 0 Å². The Labute approximate surface area is 155 Å². The number of hydrogen-bond donors (Lipinski definition) is 1. The van der Waals surface area contributed by atoms with Gasteiger partial charge in [-0.1, -0.05) is 12.8 Å². The van der Waals surface area contributed by atoms with Gasteiger partial charge >= 0.3 is 0 Å². The van der Waals surface area contributed by atoms with Crippen molar-refractivity contribution < 1.29 is 24.2 Å². The average molecular weight is 368 g/mol. The predicted octanol–water partition coefficient (Wildman–Crippen LogP) is 0.791. The van der Waals surface area contributed by atoms with Gasteiger partial charge in [-0.3, -0.25) is 9.59 Å². The summed E-state index contributed by atoms with van der Waals surface area (Å²) in [4.78, 5) is 28.5. The number of ether oxygens (including phenoxy) is 2. The quantitative estimate of drug-likeness (QED) is 0.797. The second kappa shape index (κ2) is 8.67. The van der Waals surface area contributed by atoms with Gasteiger partial charge in [-0.2, -0.15) is 0 Å². The fraction of sp³-hybridized carbons (Fsp3) is 0.895. The van der Waals surface area contributed by atoms with Gasteiger partial charge < -0.3 is 24.4 Å². The lowest BCUT2D eigenvalue weighted by Crippen LogP contribution is -2.58. The van der Waals surface area contributed by atoms with Crippen LogP contribution in [0.3, 0.4) is 0 Å². The third-order valence-corrected chi connectivity index (χ3v) is 5.87. The van der Waals surface area contributed by atoms with E-state index in [1.165, 1.54) is 0 Å². The molecule has 7 heteroatoms. The Morgan fingerprint density at radius 3 is 2.54 bits per heavy atom. The van der Waals surface area contributed by atoms with Crippen LogP contribution in [-0.2, 0) is 19.1 Å². The zero-order chi connectivity index (χ0) is 18.7. The lowest BCUT2D eigenvalue weighted by atomic mass is 9.93. The fourth-order valence-corrected chi connectivity index (χ4v) is 4.38. The van der Waals surface area contributed by atoms with Crippen LogP contribution in [0.4, 0.5) is 0 Å². The van der Waals surface area contributed by atoms with Gasteiger partial charge in [0.1, 0.15) is 6.10 Å². The molecule has 0 bridgehead atoms. The van der Waals surface area contributed by atoms with Crippen LogP contribution in [0.2, 0.25) is 0 Å². The molecule has 2 saturated heterocycles. The predicted molar refractivity (Wildman–Crippen MR) is 95.5 cm³/mol. The number of hydrogen-bond acceptors (Lipinski definition) is 5. The zero-order valence-electron chi connectivity index (χ0n) is 15.9. The molecule has 4 atom stereocenters. The Kier molecular flexibility index (Phi) is 6.53. The summed E-state index contributed by atoms with van der Waals surface area (Å²) < 4.78 is 11.8. The molecule has 1 aliphatic carbocycles. The summed E-state index contributed by atoms with van der Waals surface area (Å²) in [6, 6.07) is -0.0799. The number of β-amino-alcohol motifs (C(OH)–C–C–N with tert-alkyl or cyclic N) is 1. The van der Waals surface area contributed by atoms with E-state index < -0.39 is 6.10 Å². The van der Waals surface area contributed by atoms with Gasteiger partial charge in [0.2, 0.25) is 11.8 Å². The fourth-order valence-electron chi connectivity index (χ4n) is 4.38. The Morgan fingerprint density at radius 1 is 1.12 bits per heavy atom. The zero-order valence-corrected chi connectivity index (χ0v) is 15.9. The van der Waals surface area contributed by atoms with Crippen molar-refractivity contribution >= 4 is 11.8 Å². The summed E-state index contributed by atoms with van der Waals surface area (Å²) in [5, 5.41) is 10.2. The van der Waals surface area contributed by atoms with Crippen molar-refractivity contribution in [3.63, 3.8) is 0 Å². The highest BCUT2D eigenvalue weighted by atomic mass is 16.5. The van der Waals surface area contributed by atoms with E-state index in [1.807, 2.05) is 4.90 Å². The van der Waals surface area contributed by atoms with E-state index in [0.717, 1.165) is 38.5 Å². The maximum atomic E-state index is 13.1. The lowest BCUT2D eigenvalue weighted by Gasteiger charge is -2.45. The van der Waals surface area contributed by atoms with Crippen molar-refractivity contribution in [2.24, 2.45) is 5.92 Å². The molecule has 26 heavy (non-hydrogen) atoms. The largest absolute Gasteiger partial charge is 0.389 e. The number of carbonyl (C=O) groups excluding carboxylic acids is 2. The van der Waals surface area contributed by atoms with E-state index in [2.05, 4.69) is 0 Å². The molecule has 0 aromatic heterocycles. The molecule has 2 aliphatic heterocycles. The SMILES string of the molecule is CN(C)C(=O)C[C@@H]1CC[C@H]2[C@@H](COC[C@@H](O)CN2C(=O)C2CCCC2)O1. The van der Waals surface area contributed by atoms with Crippen molar-refractivity contribution in [2.75, 3.05) is 33.9 Å². The van der Waals surface area contributed by atoms with E-state index in [9.17, 15) is 14.7 Å². The van der Waals surface area contributed by atoms with Crippen LogP contribution >= 0.6 is 0 Å². The molecule has 0 aromatic rings. The molecule has 148 valence electrons. The van der Waals surface area contributed by atoms with Gasteiger partial charge in [0.15, 0.2) is 0 Å². The number of fused-ring (bicyclic) bond motifs is 1. The maximum absolute atomic E-state index is 13.1. The first-order chi connectivity index (χ1) is 12.5. The van der Waals surface area contributed by atoms with Crippen LogP contribution in [0.25, 0.3) is 0 Å². The molecule has 3 aliphatic rings. The van der Waals surface area contributed by atoms with Gasteiger partial charge in [-0.05, 0) is 25.7 Å². The highest BCUT2D eigenvalue weighted by Gasteiger charge is 2.41. The number of aliphatic hydroxyl groups excluding tert-OH is 1. The molecule has 0 unspecified atom stereocenters. The second-order valence-corrected chi connectivity index (χ2v) is 8.10. The van der Waals surface area contributed by atoms with Crippen molar-refractivity contribution in [1.82, 2.24) is 9.80 Å². The second-order valence-electron chi connectivity index (χ2n) is 8.10. The summed E-state index contributed by atoms with van der Waals surface area (Å²) in [6.45, 7) is 0.867.